The van der Waals surface area contributed by atoms with Crippen molar-refractivity contribution >= 4 is 29.0 Å². The van der Waals surface area contributed by atoms with Crippen molar-refractivity contribution in [2.24, 2.45) is 0 Å². The van der Waals surface area contributed by atoms with Crippen molar-refractivity contribution in [2.75, 3.05) is 5.75 Å². The Kier molecular flexibility index (Phi) is 8.77. The number of carbonyl (C=O) groups is 1. The number of rotatable bonds is 9. The zero-order valence-electron chi connectivity index (χ0n) is 20.8. The van der Waals surface area contributed by atoms with Crippen molar-refractivity contribution in [3.05, 3.63) is 106 Å². The fourth-order valence-electron chi connectivity index (χ4n) is 4.10. The maximum absolute atomic E-state index is 12.3. The highest BCUT2D eigenvalue weighted by Crippen LogP contribution is 2.39. The summed E-state index contributed by atoms with van der Waals surface area (Å²) >= 11 is 3.22. The SMILES string of the molecule is Cc1nnc(SC[C@H]2C[C@@H](c3ccc(CO)cc3)O[C@@H](c3ccc(CNC(=O)c4cccnc4)cc3)O2)s1. The average molecular weight is 549 g/mol. The summed E-state index contributed by atoms with van der Waals surface area (Å²) in [6.45, 7) is 2.36. The molecule has 1 aliphatic rings. The molecule has 2 aromatic heterocycles. The number of aliphatic hydroxyl groups excluding tert-OH is 1. The number of pyridine rings is 1. The minimum atomic E-state index is -0.535. The predicted molar refractivity (Wildman–Crippen MR) is 146 cm³/mol. The van der Waals surface area contributed by atoms with Gasteiger partial charge in [-0.3, -0.25) is 9.78 Å². The van der Waals surface area contributed by atoms with E-state index in [2.05, 4.69) is 20.5 Å². The van der Waals surface area contributed by atoms with Crippen molar-refractivity contribution in [2.45, 2.75) is 49.3 Å². The largest absolute Gasteiger partial charge is 0.392 e. The van der Waals surface area contributed by atoms with E-state index >= 15 is 0 Å². The Hall–Kier alpha value is -3.15. The molecule has 0 spiro atoms. The molecule has 0 aliphatic carbocycles. The van der Waals surface area contributed by atoms with Crippen LogP contribution in [0.1, 0.15) is 56.4 Å². The Labute approximate surface area is 229 Å². The van der Waals surface area contributed by atoms with E-state index in [4.69, 9.17) is 9.47 Å². The molecule has 2 aromatic carbocycles. The van der Waals surface area contributed by atoms with Gasteiger partial charge in [-0.15, -0.1) is 10.2 Å². The first-order valence-electron chi connectivity index (χ1n) is 12.3. The fraction of sp³-hybridized carbons (Fsp3) is 0.286. The lowest BCUT2D eigenvalue weighted by Gasteiger charge is -2.36. The number of nitrogens with zero attached hydrogens (tertiary/aromatic N) is 3. The molecule has 3 heterocycles. The first-order chi connectivity index (χ1) is 18.6. The van der Waals surface area contributed by atoms with Crippen LogP contribution in [0.2, 0.25) is 0 Å². The number of nitrogens with one attached hydrogen (secondary N) is 1. The molecular formula is C28H28N4O4S2. The molecule has 5 rings (SSSR count). The predicted octanol–water partition coefficient (Wildman–Crippen LogP) is 5.00. The quantitative estimate of drug-likeness (QED) is 0.282. The molecule has 0 unspecified atom stereocenters. The number of thioether (sulfide) groups is 1. The van der Waals surface area contributed by atoms with Crippen molar-refractivity contribution in [3.8, 4) is 0 Å². The molecular weight excluding hydrogens is 520 g/mol. The van der Waals surface area contributed by atoms with Crippen LogP contribution in [-0.2, 0) is 22.6 Å². The average Bonchev–Trinajstić information content (AvgIpc) is 3.40. The van der Waals surface area contributed by atoms with E-state index in [0.29, 0.717) is 18.5 Å². The van der Waals surface area contributed by atoms with E-state index in [9.17, 15) is 9.90 Å². The maximum atomic E-state index is 12.3. The fourth-order valence-corrected chi connectivity index (χ4v) is 5.96. The summed E-state index contributed by atoms with van der Waals surface area (Å²) < 4.78 is 13.7. The van der Waals surface area contributed by atoms with Crippen molar-refractivity contribution in [3.63, 3.8) is 0 Å². The number of benzene rings is 2. The summed E-state index contributed by atoms with van der Waals surface area (Å²) in [5.74, 6) is 0.570. The van der Waals surface area contributed by atoms with Gasteiger partial charge in [-0.05, 0) is 35.7 Å². The molecule has 0 radical (unpaired) electrons. The number of aliphatic hydroxyl groups is 1. The van der Waals surface area contributed by atoms with Crippen LogP contribution in [0.25, 0.3) is 0 Å². The Bertz CT molecular complexity index is 1330. The molecule has 196 valence electrons. The van der Waals surface area contributed by atoms with Crippen molar-refractivity contribution in [1.29, 1.82) is 0 Å². The van der Waals surface area contributed by atoms with Crippen LogP contribution in [0.4, 0.5) is 0 Å². The first-order valence-corrected chi connectivity index (χ1v) is 14.1. The van der Waals surface area contributed by atoms with Crippen LogP contribution in [0, 0.1) is 6.92 Å². The summed E-state index contributed by atoms with van der Waals surface area (Å²) in [6.07, 6.45) is 3.15. The van der Waals surface area contributed by atoms with E-state index < -0.39 is 6.29 Å². The molecule has 4 aromatic rings. The molecule has 0 bridgehead atoms. The third-order valence-corrected chi connectivity index (χ3v) is 8.25. The summed E-state index contributed by atoms with van der Waals surface area (Å²) in [5.41, 5.74) is 4.32. The van der Waals surface area contributed by atoms with Crippen LogP contribution >= 0.6 is 23.1 Å². The summed E-state index contributed by atoms with van der Waals surface area (Å²) in [6, 6.07) is 19.2. The normalized spacial score (nSPS) is 19.3. The van der Waals surface area contributed by atoms with Crippen LogP contribution in [0.15, 0.2) is 77.4 Å². The van der Waals surface area contributed by atoms with Gasteiger partial charge < -0.3 is 19.9 Å². The second kappa shape index (κ2) is 12.6. The number of hydrogen-bond donors (Lipinski definition) is 2. The van der Waals surface area contributed by atoms with Gasteiger partial charge in [-0.1, -0.05) is 71.6 Å². The molecule has 1 fully saturated rings. The van der Waals surface area contributed by atoms with E-state index in [-0.39, 0.29) is 24.7 Å². The van der Waals surface area contributed by atoms with Crippen molar-refractivity contribution in [1.82, 2.24) is 20.5 Å². The molecule has 1 saturated heterocycles. The lowest BCUT2D eigenvalue weighted by Crippen LogP contribution is -2.31. The zero-order valence-corrected chi connectivity index (χ0v) is 22.5. The van der Waals surface area contributed by atoms with Gasteiger partial charge in [-0.25, -0.2) is 0 Å². The highest BCUT2D eigenvalue weighted by Gasteiger charge is 2.32. The summed E-state index contributed by atoms with van der Waals surface area (Å²) in [4.78, 5) is 16.3. The first kappa shape index (κ1) is 26.5. The van der Waals surface area contributed by atoms with E-state index in [0.717, 1.165) is 37.4 Å². The van der Waals surface area contributed by atoms with Crippen LogP contribution in [0.5, 0.6) is 0 Å². The van der Waals surface area contributed by atoms with Gasteiger partial charge >= 0.3 is 0 Å². The lowest BCUT2D eigenvalue weighted by molar-refractivity contribution is -0.245. The van der Waals surface area contributed by atoms with Crippen LogP contribution < -0.4 is 5.32 Å². The molecule has 10 heteroatoms. The van der Waals surface area contributed by atoms with Gasteiger partial charge in [0.05, 0.1) is 24.4 Å². The Morgan fingerprint density at radius 3 is 2.50 bits per heavy atom. The molecule has 3 atom stereocenters. The standard InChI is InChI=1S/C28H28N4O4S2/c1-18-31-32-28(38-18)37-17-24-13-25(21-8-6-20(16-33)7-9-21)36-27(35-24)22-10-4-19(5-11-22)14-30-26(34)23-3-2-12-29-15-23/h2-12,15,24-25,27,33H,13-14,16-17H2,1H3,(H,30,34)/t24-,25+,27+/m1/s1. The highest BCUT2D eigenvalue weighted by atomic mass is 32.2. The van der Waals surface area contributed by atoms with E-state index in [1.165, 1.54) is 0 Å². The van der Waals surface area contributed by atoms with Gasteiger partial charge in [0.1, 0.15) is 5.01 Å². The number of ether oxygens (including phenoxy) is 2. The highest BCUT2D eigenvalue weighted by molar-refractivity contribution is 8.01. The molecule has 2 N–H and O–H groups in total. The number of aryl methyl sites for hydroxylation is 1. The van der Waals surface area contributed by atoms with Gasteiger partial charge in [0, 0.05) is 36.7 Å². The minimum absolute atomic E-state index is 0.00705. The van der Waals surface area contributed by atoms with Gasteiger partial charge in [-0.2, -0.15) is 0 Å². The van der Waals surface area contributed by atoms with Crippen LogP contribution in [-0.4, -0.2) is 38.1 Å². The summed E-state index contributed by atoms with van der Waals surface area (Å²) in [7, 11) is 0. The number of hydrogen-bond acceptors (Lipinski definition) is 9. The summed E-state index contributed by atoms with van der Waals surface area (Å²) in [5, 5.41) is 21.6. The minimum Gasteiger partial charge on any atom is -0.392 e. The monoisotopic (exact) mass is 548 g/mol. The number of carbonyl (C=O) groups excluding carboxylic acids is 1. The third-order valence-electron chi connectivity index (χ3n) is 6.14. The second-order valence-electron chi connectivity index (χ2n) is 8.91. The smallest absolute Gasteiger partial charge is 0.253 e. The van der Waals surface area contributed by atoms with Gasteiger partial charge in [0.2, 0.25) is 0 Å². The Balaban J connectivity index is 1.27. The maximum Gasteiger partial charge on any atom is 0.253 e. The number of aromatic nitrogens is 3. The molecule has 0 saturated carbocycles. The molecule has 8 nitrogen and oxygen atoms in total. The van der Waals surface area contributed by atoms with E-state index in [1.807, 2.05) is 55.5 Å². The van der Waals surface area contributed by atoms with Crippen LogP contribution in [0.3, 0.4) is 0 Å². The molecule has 1 aliphatic heterocycles. The van der Waals surface area contributed by atoms with Gasteiger partial charge in [0.25, 0.3) is 5.91 Å². The lowest BCUT2D eigenvalue weighted by atomic mass is 10.0. The second-order valence-corrected chi connectivity index (χ2v) is 11.4. The van der Waals surface area contributed by atoms with Gasteiger partial charge in [0.15, 0.2) is 10.6 Å². The van der Waals surface area contributed by atoms with E-state index in [1.54, 1.807) is 47.6 Å². The Morgan fingerprint density at radius 1 is 1.05 bits per heavy atom. The number of amides is 1. The topological polar surface area (TPSA) is 106 Å². The third kappa shape index (κ3) is 6.83. The molecule has 38 heavy (non-hydrogen) atoms. The van der Waals surface area contributed by atoms with Crippen molar-refractivity contribution < 1.29 is 19.4 Å². The Morgan fingerprint density at radius 2 is 1.82 bits per heavy atom. The zero-order chi connectivity index (χ0) is 26.3. The molecule has 1 amide bonds.